The molecule has 0 atom stereocenters. The number of hydrogen-bond donors (Lipinski definition) is 1. The molecule has 0 aliphatic rings. The summed E-state index contributed by atoms with van der Waals surface area (Å²) >= 11 is 0. The van der Waals surface area contributed by atoms with E-state index in [1.807, 2.05) is 36.4 Å². The topological polar surface area (TPSA) is 37.8 Å². The van der Waals surface area contributed by atoms with E-state index < -0.39 is 0 Å². The lowest BCUT2D eigenvalue weighted by Crippen LogP contribution is -2.10. The highest BCUT2D eigenvalue weighted by Gasteiger charge is 2.12. The van der Waals surface area contributed by atoms with Crippen molar-refractivity contribution in [3.05, 3.63) is 72.6 Å². The third-order valence-electron chi connectivity index (χ3n) is 3.76. The number of hydrogen-bond acceptors (Lipinski definition) is 3. The molecule has 23 heavy (non-hydrogen) atoms. The largest absolute Gasteiger partial charge is 0.340 e. The summed E-state index contributed by atoms with van der Waals surface area (Å²) < 4.78 is 0. The van der Waals surface area contributed by atoms with Gasteiger partial charge in [-0.2, -0.15) is 0 Å². The van der Waals surface area contributed by atoms with Gasteiger partial charge in [0.05, 0.1) is 5.69 Å². The molecule has 0 amide bonds. The van der Waals surface area contributed by atoms with E-state index in [9.17, 15) is 0 Å². The third-order valence-corrected chi connectivity index (χ3v) is 3.76. The lowest BCUT2D eigenvalue weighted by molar-refractivity contribution is 0.590. The molecule has 0 saturated carbocycles. The van der Waals surface area contributed by atoms with E-state index in [4.69, 9.17) is 0 Å². The normalized spacial score (nSPS) is 11.3. The Morgan fingerprint density at radius 3 is 2.17 bits per heavy atom. The highest BCUT2D eigenvalue weighted by atomic mass is 15.0. The van der Waals surface area contributed by atoms with Crippen LogP contribution in [0.5, 0.6) is 0 Å². The highest BCUT2D eigenvalue weighted by molar-refractivity contribution is 5.65. The van der Waals surface area contributed by atoms with Crippen LogP contribution in [0.2, 0.25) is 0 Å². The van der Waals surface area contributed by atoms with Crippen molar-refractivity contribution in [3.8, 4) is 11.3 Å². The Labute approximate surface area is 137 Å². The predicted molar refractivity (Wildman–Crippen MR) is 95.9 cm³/mol. The van der Waals surface area contributed by atoms with Gasteiger partial charge >= 0.3 is 0 Å². The highest BCUT2D eigenvalue weighted by Crippen LogP contribution is 2.25. The van der Waals surface area contributed by atoms with Crippen molar-refractivity contribution in [1.29, 1.82) is 0 Å². The van der Waals surface area contributed by atoms with Crippen molar-refractivity contribution in [1.82, 2.24) is 9.97 Å². The van der Waals surface area contributed by atoms with Crippen LogP contribution in [0, 0.1) is 0 Å². The van der Waals surface area contributed by atoms with Crippen LogP contribution in [0.1, 0.15) is 26.3 Å². The van der Waals surface area contributed by atoms with E-state index in [1.165, 1.54) is 5.56 Å². The zero-order valence-corrected chi connectivity index (χ0v) is 13.7. The zero-order valence-electron chi connectivity index (χ0n) is 13.7. The van der Waals surface area contributed by atoms with Crippen LogP contribution in [0.3, 0.4) is 0 Å². The van der Waals surface area contributed by atoms with Crippen LogP contribution in [0.4, 0.5) is 11.5 Å². The van der Waals surface area contributed by atoms with Crippen LogP contribution in [0.15, 0.2) is 67.0 Å². The van der Waals surface area contributed by atoms with Gasteiger partial charge in [0.15, 0.2) is 0 Å². The molecule has 0 aliphatic carbocycles. The molecule has 2 aromatic carbocycles. The Kier molecular flexibility index (Phi) is 4.11. The molecule has 3 aromatic rings. The molecule has 1 heterocycles. The average molecular weight is 303 g/mol. The second kappa shape index (κ2) is 6.21. The Balaban J connectivity index is 1.81. The molecule has 0 spiro atoms. The first kappa shape index (κ1) is 15.2. The fourth-order valence-corrected chi connectivity index (χ4v) is 2.39. The van der Waals surface area contributed by atoms with Gasteiger partial charge in [0, 0.05) is 17.3 Å². The van der Waals surface area contributed by atoms with Crippen molar-refractivity contribution in [3.63, 3.8) is 0 Å². The summed E-state index contributed by atoms with van der Waals surface area (Å²) in [6.45, 7) is 6.64. The molecule has 116 valence electrons. The number of anilines is 2. The van der Waals surface area contributed by atoms with E-state index in [2.05, 4.69) is 60.3 Å². The fourth-order valence-electron chi connectivity index (χ4n) is 2.39. The Bertz CT molecular complexity index is 772. The maximum absolute atomic E-state index is 4.35. The molecule has 3 heteroatoms. The first-order valence-electron chi connectivity index (χ1n) is 7.77. The monoisotopic (exact) mass is 303 g/mol. The summed E-state index contributed by atoms with van der Waals surface area (Å²) in [7, 11) is 0. The smallest absolute Gasteiger partial charge is 0.134 e. The Hall–Kier alpha value is -2.68. The molecule has 0 fully saturated rings. The van der Waals surface area contributed by atoms with Crippen LogP contribution < -0.4 is 5.32 Å². The lowest BCUT2D eigenvalue weighted by atomic mass is 9.87. The molecular weight excluding hydrogens is 282 g/mol. The van der Waals surface area contributed by atoms with E-state index in [0.29, 0.717) is 0 Å². The van der Waals surface area contributed by atoms with Gasteiger partial charge in [-0.05, 0) is 23.1 Å². The molecule has 0 aliphatic heterocycles. The van der Waals surface area contributed by atoms with E-state index in [-0.39, 0.29) is 5.41 Å². The van der Waals surface area contributed by atoms with Crippen molar-refractivity contribution in [2.45, 2.75) is 26.2 Å². The molecular formula is C20H21N3. The van der Waals surface area contributed by atoms with Gasteiger partial charge < -0.3 is 5.32 Å². The molecule has 3 nitrogen and oxygen atoms in total. The summed E-state index contributed by atoms with van der Waals surface area (Å²) in [4.78, 5) is 8.66. The number of aromatic nitrogens is 2. The first-order chi connectivity index (χ1) is 11.0. The van der Waals surface area contributed by atoms with Crippen LogP contribution >= 0.6 is 0 Å². The number of nitrogens with one attached hydrogen (secondary N) is 1. The fraction of sp³-hybridized carbons (Fsp3) is 0.200. The van der Waals surface area contributed by atoms with Crippen molar-refractivity contribution in [2.75, 3.05) is 5.32 Å². The van der Waals surface area contributed by atoms with Crippen molar-refractivity contribution >= 4 is 11.5 Å². The number of benzene rings is 2. The minimum atomic E-state index is 0.161. The molecule has 1 N–H and O–H groups in total. The van der Waals surface area contributed by atoms with Gasteiger partial charge in [-0.1, -0.05) is 63.2 Å². The van der Waals surface area contributed by atoms with Gasteiger partial charge in [-0.25, -0.2) is 9.97 Å². The maximum Gasteiger partial charge on any atom is 0.134 e. The molecule has 0 radical (unpaired) electrons. The minimum absolute atomic E-state index is 0.161. The van der Waals surface area contributed by atoms with E-state index in [0.717, 1.165) is 22.8 Å². The maximum atomic E-state index is 4.35. The van der Waals surface area contributed by atoms with E-state index >= 15 is 0 Å². The summed E-state index contributed by atoms with van der Waals surface area (Å²) in [5, 5.41) is 3.34. The molecule has 0 saturated heterocycles. The molecule has 0 bridgehead atoms. The Morgan fingerprint density at radius 2 is 1.52 bits per heavy atom. The standard InChI is InChI=1S/C20H21N3/c1-20(2,3)16-9-11-17(12-10-16)23-19-13-18(21-14-22-19)15-7-5-4-6-8-15/h4-14H,1-3H3,(H,21,22,23). The summed E-state index contributed by atoms with van der Waals surface area (Å²) in [5.41, 5.74) is 4.50. The Morgan fingerprint density at radius 1 is 0.826 bits per heavy atom. The van der Waals surface area contributed by atoms with Gasteiger partial charge in [-0.15, -0.1) is 0 Å². The number of rotatable bonds is 3. The number of nitrogens with zero attached hydrogens (tertiary/aromatic N) is 2. The van der Waals surface area contributed by atoms with Gasteiger partial charge in [0.1, 0.15) is 12.1 Å². The average Bonchev–Trinajstić information content (AvgIpc) is 2.56. The van der Waals surface area contributed by atoms with Crippen molar-refractivity contribution in [2.24, 2.45) is 0 Å². The van der Waals surface area contributed by atoms with Gasteiger partial charge in [0.25, 0.3) is 0 Å². The van der Waals surface area contributed by atoms with Crippen LogP contribution in [0.25, 0.3) is 11.3 Å². The third kappa shape index (κ3) is 3.75. The summed E-state index contributed by atoms with van der Waals surface area (Å²) in [6.07, 6.45) is 1.59. The SMILES string of the molecule is CC(C)(C)c1ccc(Nc2cc(-c3ccccc3)ncn2)cc1. The zero-order chi connectivity index (χ0) is 16.3. The van der Waals surface area contributed by atoms with Crippen LogP contribution in [-0.4, -0.2) is 9.97 Å². The van der Waals surface area contributed by atoms with Gasteiger partial charge in [-0.3, -0.25) is 0 Å². The molecule has 3 rings (SSSR count). The quantitative estimate of drug-likeness (QED) is 0.724. The lowest BCUT2D eigenvalue weighted by Gasteiger charge is -2.19. The second-order valence-corrected chi connectivity index (χ2v) is 6.61. The minimum Gasteiger partial charge on any atom is -0.340 e. The van der Waals surface area contributed by atoms with E-state index in [1.54, 1.807) is 6.33 Å². The second-order valence-electron chi connectivity index (χ2n) is 6.61. The summed E-state index contributed by atoms with van der Waals surface area (Å²) in [6, 6.07) is 20.6. The molecule has 0 unspecified atom stereocenters. The first-order valence-corrected chi connectivity index (χ1v) is 7.77. The summed E-state index contributed by atoms with van der Waals surface area (Å²) in [5.74, 6) is 0.794. The van der Waals surface area contributed by atoms with Crippen molar-refractivity contribution < 1.29 is 0 Å². The predicted octanol–water partition coefficient (Wildman–Crippen LogP) is 5.18. The molecule has 1 aromatic heterocycles. The van der Waals surface area contributed by atoms with Gasteiger partial charge in [0.2, 0.25) is 0 Å². The van der Waals surface area contributed by atoms with Crippen LogP contribution in [-0.2, 0) is 5.41 Å².